The Bertz CT molecular complexity index is 313. The van der Waals surface area contributed by atoms with Crippen molar-refractivity contribution in [2.75, 3.05) is 26.2 Å². The summed E-state index contributed by atoms with van der Waals surface area (Å²) in [5.74, 6) is 0. The van der Waals surface area contributed by atoms with Crippen LogP contribution in [0.3, 0.4) is 0 Å². The molecule has 4 rings (SSSR count). The van der Waals surface area contributed by atoms with Crippen molar-refractivity contribution >= 4 is 0 Å². The molecule has 132 valence electrons. The lowest BCUT2D eigenvalue weighted by Gasteiger charge is -2.48. The zero-order valence-electron chi connectivity index (χ0n) is 14.9. The monoisotopic (exact) mass is 320 g/mol. The van der Waals surface area contributed by atoms with Crippen molar-refractivity contribution in [1.82, 2.24) is 9.80 Å². The molecule has 23 heavy (non-hydrogen) atoms. The molecule has 0 spiro atoms. The Morgan fingerprint density at radius 2 is 0.826 bits per heavy atom. The van der Waals surface area contributed by atoms with Crippen molar-refractivity contribution < 1.29 is 4.74 Å². The van der Waals surface area contributed by atoms with Gasteiger partial charge in [-0.15, -0.1) is 0 Å². The molecule has 0 amide bonds. The van der Waals surface area contributed by atoms with Gasteiger partial charge in [0.25, 0.3) is 0 Å². The second kappa shape index (κ2) is 7.84. The zero-order chi connectivity index (χ0) is 15.5. The Balaban J connectivity index is 1.12. The van der Waals surface area contributed by atoms with E-state index in [2.05, 4.69) is 9.80 Å². The summed E-state index contributed by atoms with van der Waals surface area (Å²) in [6, 6.07) is 1.69. The lowest BCUT2D eigenvalue weighted by Crippen LogP contribution is -2.53. The Morgan fingerprint density at radius 1 is 0.478 bits per heavy atom. The highest BCUT2D eigenvalue weighted by Crippen LogP contribution is 2.36. The Morgan fingerprint density at radius 3 is 1.17 bits per heavy atom. The van der Waals surface area contributed by atoms with Crippen molar-refractivity contribution in [2.24, 2.45) is 0 Å². The maximum absolute atomic E-state index is 6.37. The highest BCUT2D eigenvalue weighted by Gasteiger charge is 2.40. The molecule has 0 aromatic rings. The highest BCUT2D eigenvalue weighted by molar-refractivity contribution is 4.93. The topological polar surface area (TPSA) is 15.7 Å². The van der Waals surface area contributed by atoms with Gasteiger partial charge in [0.15, 0.2) is 0 Å². The molecular formula is C20H36N2O. The van der Waals surface area contributed by atoms with E-state index in [0.29, 0.717) is 12.2 Å². The fourth-order valence-electron chi connectivity index (χ4n) is 5.09. The van der Waals surface area contributed by atoms with Gasteiger partial charge in [0, 0.05) is 12.1 Å². The first-order valence-electron chi connectivity index (χ1n) is 10.5. The fraction of sp³-hybridized carbons (Fsp3) is 1.00. The Hall–Kier alpha value is -0.120. The van der Waals surface area contributed by atoms with Gasteiger partial charge >= 0.3 is 0 Å². The molecule has 0 aromatic carbocycles. The van der Waals surface area contributed by atoms with Crippen LogP contribution in [0.2, 0.25) is 0 Å². The lowest BCUT2D eigenvalue weighted by atomic mass is 9.84. The minimum Gasteiger partial charge on any atom is -0.375 e. The van der Waals surface area contributed by atoms with E-state index < -0.39 is 0 Å². The summed E-state index contributed by atoms with van der Waals surface area (Å²) in [6.07, 6.45) is 17.9. The number of ether oxygens (including phenoxy) is 1. The molecule has 0 atom stereocenters. The predicted molar refractivity (Wildman–Crippen MR) is 94.8 cm³/mol. The minimum atomic E-state index is 0.582. The van der Waals surface area contributed by atoms with Crippen LogP contribution in [0.1, 0.15) is 77.0 Å². The van der Waals surface area contributed by atoms with Crippen LogP contribution in [0.4, 0.5) is 0 Å². The first-order chi connectivity index (χ1) is 11.4. The predicted octanol–water partition coefficient (Wildman–Crippen LogP) is 3.82. The Kier molecular flexibility index (Phi) is 5.58. The van der Waals surface area contributed by atoms with Crippen LogP contribution >= 0.6 is 0 Å². The van der Waals surface area contributed by atoms with E-state index in [1.54, 1.807) is 0 Å². The zero-order valence-corrected chi connectivity index (χ0v) is 14.9. The molecule has 0 unspecified atom stereocenters. The van der Waals surface area contributed by atoms with Crippen LogP contribution in [0.25, 0.3) is 0 Å². The molecule has 3 nitrogen and oxygen atoms in total. The molecule has 0 N–H and O–H groups in total. The summed E-state index contributed by atoms with van der Waals surface area (Å²) >= 11 is 0. The van der Waals surface area contributed by atoms with Gasteiger partial charge in [-0.3, -0.25) is 0 Å². The molecule has 2 saturated carbocycles. The van der Waals surface area contributed by atoms with E-state index in [1.165, 1.54) is 103 Å². The van der Waals surface area contributed by atoms with Crippen molar-refractivity contribution in [1.29, 1.82) is 0 Å². The van der Waals surface area contributed by atoms with Gasteiger partial charge in [-0.25, -0.2) is 0 Å². The summed E-state index contributed by atoms with van der Waals surface area (Å²) in [5, 5.41) is 0. The number of rotatable bonds is 4. The Labute approximate surface area is 142 Å². The lowest BCUT2D eigenvalue weighted by molar-refractivity contribution is -0.132. The SMILES string of the molecule is C1CCCN(C2CC(OC3CC(N4CCCCCC4)C3)C2)CC1. The van der Waals surface area contributed by atoms with Gasteiger partial charge in [-0.05, 0) is 77.5 Å². The van der Waals surface area contributed by atoms with E-state index in [1.807, 2.05) is 0 Å². The second-order valence-corrected chi connectivity index (χ2v) is 8.53. The third-order valence-electron chi connectivity index (χ3n) is 6.84. The van der Waals surface area contributed by atoms with E-state index in [0.717, 1.165) is 12.1 Å². The second-order valence-electron chi connectivity index (χ2n) is 8.53. The molecule has 4 aliphatic rings. The average molecular weight is 321 g/mol. The number of hydrogen-bond donors (Lipinski definition) is 0. The third-order valence-corrected chi connectivity index (χ3v) is 6.84. The van der Waals surface area contributed by atoms with Gasteiger partial charge in [0.05, 0.1) is 12.2 Å². The quantitative estimate of drug-likeness (QED) is 0.783. The molecule has 2 aliphatic heterocycles. The number of likely N-dealkylation sites (tertiary alicyclic amines) is 2. The van der Waals surface area contributed by atoms with Crippen molar-refractivity contribution in [3.8, 4) is 0 Å². The van der Waals surface area contributed by atoms with E-state index in [-0.39, 0.29) is 0 Å². The summed E-state index contributed by atoms with van der Waals surface area (Å²) in [7, 11) is 0. The molecule has 0 aromatic heterocycles. The van der Waals surface area contributed by atoms with Crippen molar-refractivity contribution in [2.45, 2.75) is 101 Å². The third kappa shape index (κ3) is 4.11. The molecule has 0 bridgehead atoms. The largest absolute Gasteiger partial charge is 0.375 e. The van der Waals surface area contributed by atoms with Crippen LogP contribution in [0, 0.1) is 0 Å². The van der Waals surface area contributed by atoms with Crippen LogP contribution < -0.4 is 0 Å². The van der Waals surface area contributed by atoms with Gasteiger partial charge in [0.2, 0.25) is 0 Å². The summed E-state index contributed by atoms with van der Waals surface area (Å²) in [5.41, 5.74) is 0. The van der Waals surface area contributed by atoms with Gasteiger partial charge in [-0.1, -0.05) is 25.7 Å². The smallest absolute Gasteiger partial charge is 0.0608 e. The first kappa shape index (κ1) is 16.4. The molecule has 4 fully saturated rings. The first-order valence-corrected chi connectivity index (χ1v) is 10.5. The normalized spacial score (nSPS) is 40.7. The molecular weight excluding hydrogens is 284 g/mol. The number of nitrogens with zero attached hydrogens (tertiary/aromatic N) is 2. The summed E-state index contributed by atoms with van der Waals surface area (Å²) in [6.45, 7) is 5.38. The van der Waals surface area contributed by atoms with Gasteiger partial charge in [0.1, 0.15) is 0 Å². The molecule has 2 heterocycles. The van der Waals surface area contributed by atoms with Crippen molar-refractivity contribution in [3.63, 3.8) is 0 Å². The summed E-state index contributed by atoms with van der Waals surface area (Å²) in [4.78, 5) is 5.52. The average Bonchev–Trinajstić information content (AvgIpc) is 2.88. The van der Waals surface area contributed by atoms with Gasteiger partial charge in [-0.2, -0.15) is 0 Å². The van der Waals surface area contributed by atoms with Gasteiger partial charge < -0.3 is 14.5 Å². The van der Waals surface area contributed by atoms with E-state index in [4.69, 9.17) is 4.74 Å². The van der Waals surface area contributed by atoms with Crippen LogP contribution in [0.5, 0.6) is 0 Å². The van der Waals surface area contributed by atoms with Crippen LogP contribution in [0.15, 0.2) is 0 Å². The van der Waals surface area contributed by atoms with E-state index in [9.17, 15) is 0 Å². The van der Waals surface area contributed by atoms with Crippen LogP contribution in [-0.4, -0.2) is 60.3 Å². The summed E-state index contributed by atoms with van der Waals surface area (Å²) < 4.78 is 6.37. The minimum absolute atomic E-state index is 0.582. The fourth-order valence-corrected chi connectivity index (χ4v) is 5.09. The number of hydrogen-bond acceptors (Lipinski definition) is 3. The van der Waals surface area contributed by atoms with Crippen LogP contribution in [-0.2, 0) is 4.74 Å². The molecule has 0 radical (unpaired) electrons. The maximum atomic E-state index is 6.37. The molecule has 2 saturated heterocycles. The maximum Gasteiger partial charge on any atom is 0.0608 e. The van der Waals surface area contributed by atoms with Crippen molar-refractivity contribution in [3.05, 3.63) is 0 Å². The van der Waals surface area contributed by atoms with E-state index >= 15 is 0 Å². The molecule has 2 aliphatic carbocycles. The molecule has 3 heteroatoms. The standard InChI is InChI=1S/C20H36N2O/c1-2-6-10-21(9-5-1)17-13-19(14-17)23-20-15-18(16-20)22-11-7-3-4-8-12-22/h17-20H,1-16H2. The highest BCUT2D eigenvalue weighted by atomic mass is 16.5.